The van der Waals surface area contributed by atoms with Gasteiger partial charge in [-0.25, -0.2) is 0 Å². The highest BCUT2D eigenvalue weighted by atomic mass is 16.3. The van der Waals surface area contributed by atoms with Gasteiger partial charge < -0.3 is 10.4 Å². The molecule has 1 aliphatic carbocycles. The van der Waals surface area contributed by atoms with Crippen LogP contribution in [0.5, 0.6) is 0 Å². The van der Waals surface area contributed by atoms with Crippen molar-refractivity contribution in [2.75, 3.05) is 6.54 Å². The molecule has 0 amide bonds. The summed E-state index contributed by atoms with van der Waals surface area (Å²) >= 11 is 0. The van der Waals surface area contributed by atoms with Gasteiger partial charge in [-0.2, -0.15) is 0 Å². The standard InChI is InChI=1S/C9H11NO/c11-8-5-1-3-7-4-2-6-10-9(7)8/h1-5,7,9-11H,6H2. The summed E-state index contributed by atoms with van der Waals surface area (Å²) in [6.07, 6.45) is 9.94. The Morgan fingerprint density at radius 2 is 2.36 bits per heavy atom. The van der Waals surface area contributed by atoms with Gasteiger partial charge in [0.25, 0.3) is 0 Å². The number of rotatable bonds is 0. The Kier molecular flexibility index (Phi) is 1.55. The van der Waals surface area contributed by atoms with E-state index in [1.807, 2.05) is 6.08 Å². The number of nitrogens with one attached hydrogen (secondary N) is 1. The Balaban J connectivity index is 2.27. The maximum absolute atomic E-state index is 9.42. The highest BCUT2D eigenvalue weighted by molar-refractivity contribution is 5.26. The van der Waals surface area contributed by atoms with E-state index < -0.39 is 0 Å². The molecule has 2 atom stereocenters. The predicted molar refractivity (Wildman–Crippen MR) is 44.3 cm³/mol. The summed E-state index contributed by atoms with van der Waals surface area (Å²) in [4.78, 5) is 0. The fraction of sp³-hybridized carbons (Fsp3) is 0.333. The smallest absolute Gasteiger partial charge is 0.110 e. The van der Waals surface area contributed by atoms with E-state index in [4.69, 9.17) is 0 Å². The van der Waals surface area contributed by atoms with Crippen molar-refractivity contribution < 1.29 is 5.11 Å². The second-order valence-electron chi connectivity index (χ2n) is 2.87. The van der Waals surface area contributed by atoms with Gasteiger partial charge in [-0.15, -0.1) is 0 Å². The van der Waals surface area contributed by atoms with E-state index in [2.05, 4.69) is 23.5 Å². The van der Waals surface area contributed by atoms with Gasteiger partial charge in [-0.05, 0) is 6.08 Å². The van der Waals surface area contributed by atoms with E-state index in [0.717, 1.165) is 6.54 Å². The Bertz CT molecular complexity index is 240. The molecule has 2 unspecified atom stereocenters. The molecule has 0 radical (unpaired) electrons. The van der Waals surface area contributed by atoms with Crippen molar-refractivity contribution >= 4 is 0 Å². The minimum absolute atomic E-state index is 0.116. The zero-order valence-corrected chi connectivity index (χ0v) is 6.20. The van der Waals surface area contributed by atoms with Crippen LogP contribution in [0.2, 0.25) is 0 Å². The molecule has 0 bridgehead atoms. The normalized spacial score (nSPS) is 34.7. The summed E-state index contributed by atoms with van der Waals surface area (Å²) in [6, 6.07) is 0.116. The summed E-state index contributed by atoms with van der Waals surface area (Å²) in [5.74, 6) is 0.788. The van der Waals surface area contributed by atoms with Crippen LogP contribution in [-0.4, -0.2) is 17.7 Å². The minimum Gasteiger partial charge on any atom is -0.511 e. The molecule has 58 valence electrons. The molecule has 1 heterocycles. The number of allylic oxidation sites excluding steroid dienone is 2. The molecule has 2 N–H and O–H groups in total. The van der Waals surface area contributed by atoms with Gasteiger partial charge in [-0.3, -0.25) is 0 Å². The number of hydrogen-bond acceptors (Lipinski definition) is 2. The molecule has 0 saturated carbocycles. The maximum atomic E-state index is 9.42. The first kappa shape index (κ1) is 6.68. The number of hydrogen-bond donors (Lipinski definition) is 2. The molecule has 11 heavy (non-hydrogen) atoms. The fourth-order valence-electron chi connectivity index (χ4n) is 1.53. The average Bonchev–Trinajstić information content (AvgIpc) is 2.06. The lowest BCUT2D eigenvalue weighted by atomic mass is 9.91. The average molecular weight is 149 g/mol. The highest BCUT2D eigenvalue weighted by Crippen LogP contribution is 2.20. The second-order valence-corrected chi connectivity index (χ2v) is 2.87. The molecule has 0 spiro atoms. The second kappa shape index (κ2) is 2.55. The molecule has 0 fully saturated rings. The van der Waals surface area contributed by atoms with Gasteiger partial charge in [0.05, 0.1) is 6.04 Å². The molecule has 1 aliphatic heterocycles. The van der Waals surface area contributed by atoms with Crippen molar-refractivity contribution in [3.63, 3.8) is 0 Å². The molecule has 0 aromatic heterocycles. The quantitative estimate of drug-likeness (QED) is 0.506. The monoisotopic (exact) mass is 149 g/mol. The number of aliphatic hydroxyl groups excluding tert-OH is 1. The molecule has 2 rings (SSSR count). The van der Waals surface area contributed by atoms with Crippen LogP contribution in [0.4, 0.5) is 0 Å². The van der Waals surface area contributed by atoms with Crippen LogP contribution in [0.1, 0.15) is 0 Å². The third kappa shape index (κ3) is 1.10. The highest BCUT2D eigenvalue weighted by Gasteiger charge is 2.23. The van der Waals surface area contributed by atoms with Crippen LogP contribution in [-0.2, 0) is 0 Å². The van der Waals surface area contributed by atoms with Crippen LogP contribution in [0, 0.1) is 5.92 Å². The topological polar surface area (TPSA) is 32.3 Å². The minimum atomic E-state index is 0.116. The van der Waals surface area contributed by atoms with Crippen LogP contribution in [0.3, 0.4) is 0 Å². The molecule has 0 aromatic rings. The summed E-state index contributed by atoms with van der Waals surface area (Å²) < 4.78 is 0. The van der Waals surface area contributed by atoms with Gasteiger partial charge in [0.1, 0.15) is 5.76 Å². The predicted octanol–water partition coefficient (Wildman–Crippen LogP) is 1.14. The van der Waals surface area contributed by atoms with Crippen molar-refractivity contribution in [2.45, 2.75) is 6.04 Å². The Labute approximate surface area is 65.9 Å². The van der Waals surface area contributed by atoms with Gasteiger partial charge in [-0.1, -0.05) is 24.3 Å². The third-order valence-electron chi connectivity index (χ3n) is 2.12. The molecule has 0 aromatic carbocycles. The maximum Gasteiger partial charge on any atom is 0.110 e. The van der Waals surface area contributed by atoms with Crippen LogP contribution in [0.15, 0.2) is 36.1 Å². The molecular formula is C9H11NO. The third-order valence-corrected chi connectivity index (χ3v) is 2.12. The van der Waals surface area contributed by atoms with Gasteiger partial charge in [0.15, 0.2) is 0 Å². The first-order valence-electron chi connectivity index (χ1n) is 3.85. The van der Waals surface area contributed by atoms with Crippen molar-refractivity contribution in [3.8, 4) is 0 Å². The number of fused-ring (bicyclic) bond motifs is 1. The lowest BCUT2D eigenvalue weighted by Crippen LogP contribution is -2.40. The Hall–Kier alpha value is -1.02. The summed E-state index contributed by atoms with van der Waals surface area (Å²) in [7, 11) is 0. The van der Waals surface area contributed by atoms with Crippen LogP contribution in [0.25, 0.3) is 0 Å². The van der Waals surface area contributed by atoms with Gasteiger partial charge >= 0.3 is 0 Å². The summed E-state index contributed by atoms with van der Waals surface area (Å²) in [5, 5.41) is 12.6. The number of aliphatic hydroxyl groups is 1. The van der Waals surface area contributed by atoms with E-state index in [-0.39, 0.29) is 6.04 Å². The van der Waals surface area contributed by atoms with E-state index in [0.29, 0.717) is 11.7 Å². The molecular weight excluding hydrogens is 138 g/mol. The molecule has 2 heteroatoms. The van der Waals surface area contributed by atoms with Crippen molar-refractivity contribution in [1.29, 1.82) is 0 Å². The van der Waals surface area contributed by atoms with Crippen molar-refractivity contribution in [3.05, 3.63) is 36.1 Å². The lowest BCUT2D eigenvalue weighted by molar-refractivity contribution is 0.316. The van der Waals surface area contributed by atoms with Crippen molar-refractivity contribution in [1.82, 2.24) is 5.32 Å². The SMILES string of the molecule is OC1=CC=CC2C=CCNC12. The largest absolute Gasteiger partial charge is 0.511 e. The Morgan fingerprint density at radius 3 is 3.18 bits per heavy atom. The first-order valence-corrected chi connectivity index (χ1v) is 3.85. The summed E-state index contributed by atoms with van der Waals surface area (Å²) in [6.45, 7) is 0.854. The lowest BCUT2D eigenvalue weighted by Gasteiger charge is -2.27. The molecule has 2 aliphatic rings. The fourth-order valence-corrected chi connectivity index (χ4v) is 1.53. The van der Waals surface area contributed by atoms with E-state index in [1.54, 1.807) is 6.08 Å². The molecule has 2 nitrogen and oxygen atoms in total. The molecule has 0 saturated heterocycles. The van der Waals surface area contributed by atoms with E-state index in [1.165, 1.54) is 0 Å². The zero-order chi connectivity index (χ0) is 7.68. The first-order chi connectivity index (χ1) is 5.38. The summed E-state index contributed by atoms with van der Waals surface area (Å²) in [5.41, 5.74) is 0. The van der Waals surface area contributed by atoms with Gasteiger partial charge in [0, 0.05) is 12.5 Å². The van der Waals surface area contributed by atoms with Crippen molar-refractivity contribution in [2.24, 2.45) is 5.92 Å². The van der Waals surface area contributed by atoms with E-state index in [9.17, 15) is 5.11 Å². The van der Waals surface area contributed by atoms with E-state index >= 15 is 0 Å². The van der Waals surface area contributed by atoms with Gasteiger partial charge in [0.2, 0.25) is 0 Å². The van der Waals surface area contributed by atoms with Crippen LogP contribution >= 0.6 is 0 Å². The van der Waals surface area contributed by atoms with Crippen LogP contribution < -0.4 is 5.32 Å². The Morgan fingerprint density at radius 1 is 1.45 bits per heavy atom. The zero-order valence-electron chi connectivity index (χ0n) is 6.20.